The molecule has 1 aromatic carbocycles. The van der Waals surface area contributed by atoms with Crippen LogP contribution in [-0.4, -0.2) is 10.1 Å². The Kier molecular flexibility index (Phi) is 2.78. The van der Waals surface area contributed by atoms with Crippen LogP contribution in [0.4, 0.5) is 0 Å². The molecule has 3 rings (SSSR count). The second-order valence-electron chi connectivity index (χ2n) is 3.95. The Hall–Kier alpha value is -1.10. The number of aliphatic hydroxyl groups excluding tert-OH is 1. The highest BCUT2D eigenvalue weighted by atomic mass is 35.5. The summed E-state index contributed by atoms with van der Waals surface area (Å²) < 4.78 is 5.83. The number of ether oxygens (including phenoxy) is 1. The second-order valence-corrected chi connectivity index (χ2v) is 5.11. The predicted octanol–water partition coefficient (Wildman–Crippen LogP) is 3.35. The first-order valence-electron chi connectivity index (χ1n) is 5.26. The number of hydrogen-bond donors (Lipinski definition) is 1. The average molecular weight is 268 g/mol. The lowest BCUT2D eigenvalue weighted by atomic mass is 9.98. The van der Waals surface area contributed by atoms with Crippen molar-refractivity contribution in [3.63, 3.8) is 0 Å². The monoisotopic (exact) mass is 267 g/mol. The number of benzene rings is 1. The number of fused-ring (bicyclic) bond motifs is 1. The van der Waals surface area contributed by atoms with Gasteiger partial charge in [-0.2, -0.15) is 0 Å². The van der Waals surface area contributed by atoms with Crippen LogP contribution in [0.3, 0.4) is 0 Å². The molecule has 88 valence electrons. The van der Waals surface area contributed by atoms with E-state index in [1.165, 1.54) is 11.3 Å². The van der Waals surface area contributed by atoms with E-state index in [-0.39, 0.29) is 6.10 Å². The minimum Gasteiger partial charge on any atom is -0.484 e. The molecule has 2 atom stereocenters. The summed E-state index contributed by atoms with van der Waals surface area (Å²) in [5, 5.41) is 12.6. The van der Waals surface area contributed by atoms with Gasteiger partial charge in [0.25, 0.3) is 0 Å². The van der Waals surface area contributed by atoms with E-state index in [2.05, 4.69) is 4.98 Å². The first-order chi connectivity index (χ1) is 8.24. The van der Waals surface area contributed by atoms with Gasteiger partial charge in [-0.15, -0.1) is 11.3 Å². The highest BCUT2D eigenvalue weighted by Gasteiger charge is 2.29. The van der Waals surface area contributed by atoms with Crippen LogP contribution in [0.1, 0.15) is 29.9 Å². The van der Waals surface area contributed by atoms with E-state index in [1.54, 1.807) is 23.7 Å². The average Bonchev–Trinajstić information content (AvgIpc) is 2.83. The van der Waals surface area contributed by atoms with Crippen LogP contribution >= 0.6 is 22.9 Å². The first kappa shape index (κ1) is 11.0. The maximum absolute atomic E-state index is 10.1. The molecule has 2 aromatic rings. The van der Waals surface area contributed by atoms with Gasteiger partial charge < -0.3 is 9.84 Å². The molecule has 1 unspecified atom stereocenters. The molecule has 0 spiro atoms. The van der Waals surface area contributed by atoms with Gasteiger partial charge >= 0.3 is 0 Å². The predicted molar refractivity (Wildman–Crippen MR) is 66.5 cm³/mol. The molecule has 17 heavy (non-hydrogen) atoms. The fraction of sp³-hybridized carbons (Fsp3) is 0.250. The number of aromatic nitrogens is 1. The van der Waals surface area contributed by atoms with Crippen LogP contribution in [-0.2, 0) is 0 Å². The summed E-state index contributed by atoms with van der Waals surface area (Å²) in [6.07, 6.45) is -0.217. The Morgan fingerprint density at radius 1 is 1.47 bits per heavy atom. The van der Waals surface area contributed by atoms with E-state index < -0.39 is 6.10 Å². The molecule has 1 aliphatic heterocycles. The molecule has 1 N–H and O–H groups in total. The topological polar surface area (TPSA) is 42.4 Å². The maximum atomic E-state index is 10.1. The molecule has 0 amide bonds. The Balaban J connectivity index is 1.96. The highest BCUT2D eigenvalue weighted by Crippen LogP contribution is 2.41. The Morgan fingerprint density at radius 2 is 2.35 bits per heavy atom. The van der Waals surface area contributed by atoms with E-state index in [0.717, 1.165) is 11.3 Å². The Bertz CT molecular complexity index is 529. The molecule has 0 bridgehead atoms. The summed E-state index contributed by atoms with van der Waals surface area (Å²) in [4.78, 5) is 4.22. The fourth-order valence-corrected chi connectivity index (χ4v) is 2.76. The largest absolute Gasteiger partial charge is 0.484 e. The zero-order valence-electron chi connectivity index (χ0n) is 8.84. The lowest BCUT2D eigenvalue weighted by Gasteiger charge is -2.28. The van der Waals surface area contributed by atoms with Crippen LogP contribution in [0, 0.1) is 0 Å². The van der Waals surface area contributed by atoms with Gasteiger partial charge in [-0.1, -0.05) is 11.6 Å². The van der Waals surface area contributed by atoms with Crippen LogP contribution < -0.4 is 4.74 Å². The summed E-state index contributed by atoms with van der Waals surface area (Å²) >= 11 is 7.42. The molecule has 0 fully saturated rings. The third kappa shape index (κ3) is 2.04. The zero-order valence-corrected chi connectivity index (χ0v) is 10.4. The molecule has 0 radical (unpaired) electrons. The van der Waals surface area contributed by atoms with Gasteiger partial charge in [0.2, 0.25) is 0 Å². The number of aliphatic hydroxyl groups is 1. The van der Waals surface area contributed by atoms with E-state index in [4.69, 9.17) is 16.3 Å². The summed E-state index contributed by atoms with van der Waals surface area (Å²) in [5.74, 6) is 0.686. The number of nitrogens with zero attached hydrogens (tertiary/aromatic N) is 1. The van der Waals surface area contributed by atoms with Crippen LogP contribution in [0.25, 0.3) is 0 Å². The van der Waals surface area contributed by atoms with Crippen molar-refractivity contribution in [2.75, 3.05) is 0 Å². The van der Waals surface area contributed by atoms with E-state index in [1.807, 2.05) is 5.38 Å². The van der Waals surface area contributed by atoms with Crippen molar-refractivity contribution in [3.05, 3.63) is 45.4 Å². The van der Waals surface area contributed by atoms with E-state index in [9.17, 15) is 5.11 Å². The van der Waals surface area contributed by atoms with Crippen molar-refractivity contribution in [2.24, 2.45) is 0 Å². The molecule has 0 saturated carbocycles. The fourth-order valence-electron chi connectivity index (χ4n) is 1.98. The summed E-state index contributed by atoms with van der Waals surface area (Å²) in [6.45, 7) is 0. The van der Waals surface area contributed by atoms with Crippen LogP contribution in [0.15, 0.2) is 29.1 Å². The quantitative estimate of drug-likeness (QED) is 0.862. The normalized spacial score (nSPS) is 22.9. The van der Waals surface area contributed by atoms with Crippen LogP contribution in [0.5, 0.6) is 5.75 Å². The number of rotatable bonds is 1. The zero-order chi connectivity index (χ0) is 11.8. The van der Waals surface area contributed by atoms with Crippen molar-refractivity contribution in [2.45, 2.75) is 18.6 Å². The van der Waals surface area contributed by atoms with Crippen molar-refractivity contribution < 1.29 is 9.84 Å². The molecule has 3 nitrogen and oxygen atoms in total. The summed E-state index contributed by atoms with van der Waals surface area (Å²) in [5.41, 5.74) is 3.39. The van der Waals surface area contributed by atoms with Gasteiger partial charge in [-0.25, -0.2) is 4.98 Å². The van der Waals surface area contributed by atoms with Gasteiger partial charge in [0.05, 0.1) is 17.3 Å². The molecule has 1 aromatic heterocycles. The van der Waals surface area contributed by atoms with Gasteiger partial charge in [-0.3, -0.25) is 0 Å². The molecular weight excluding hydrogens is 258 g/mol. The van der Waals surface area contributed by atoms with Crippen molar-refractivity contribution in [1.82, 2.24) is 4.98 Å². The molecule has 0 aliphatic carbocycles. The third-order valence-electron chi connectivity index (χ3n) is 2.82. The molecule has 5 heteroatoms. The third-order valence-corrected chi connectivity index (χ3v) is 3.66. The standard InChI is InChI=1S/C12H10ClNO2S/c13-7-1-2-11-8(3-7)10(15)4-12(16-11)9-5-17-6-14-9/h1-3,5-6,10,12,15H,4H2/t10-,12?/m1/s1. The van der Waals surface area contributed by atoms with Crippen molar-refractivity contribution in [1.29, 1.82) is 0 Å². The first-order valence-corrected chi connectivity index (χ1v) is 6.58. The second kappa shape index (κ2) is 4.29. The molecule has 0 saturated heterocycles. The van der Waals surface area contributed by atoms with Gasteiger partial charge in [-0.05, 0) is 18.2 Å². The number of halogens is 1. The lowest BCUT2D eigenvalue weighted by Crippen LogP contribution is -2.19. The number of hydrogen-bond acceptors (Lipinski definition) is 4. The highest BCUT2D eigenvalue weighted by molar-refractivity contribution is 7.07. The van der Waals surface area contributed by atoms with E-state index in [0.29, 0.717) is 17.2 Å². The van der Waals surface area contributed by atoms with Gasteiger partial charge in [0.1, 0.15) is 11.9 Å². The SMILES string of the molecule is O[C@@H]1CC(c2cscn2)Oc2ccc(Cl)cc21. The Labute approximate surface area is 108 Å². The Morgan fingerprint density at radius 3 is 3.12 bits per heavy atom. The van der Waals surface area contributed by atoms with Crippen molar-refractivity contribution in [3.8, 4) is 5.75 Å². The summed E-state index contributed by atoms with van der Waals surface area (Å²) in [7, 11) is 0. The van der Waals surface area contributed by atoms with Crippen LogP contribution in [0.2, 0.25) is 5.02 Å². The van der Waals surface area contributed by atoms with Gasteiger partial charge in [0, 0.05) is 22.4 Å². The minimum atomic E-state index is -0.552. The maximum Gasteiger partial charge on any atom is 0.144 e. The smallest absolute Gasteiger partial charge is 0.144 e. The minimum absolute atomic E-state index is 0.176. The van der Waals surface area contributed by atoms with E-state index >= 15 is 0 Å². The lowest BCUT2D eigenvalue weighted by molar-refractivity contribution is 0.0640. The number of thiazole rings is 1. The molecule has 1 aliphatic rings. The molecular formula is C12H10ClNO2S. The van der Waals surface area contributed by atoms with Gasteiger partial charge in [0.15, 0.2) is 0 Å². The summed E-state index contributed by atoms with van der Waals surface area (Å²) in [6, 6.07) is 5.30. The van der Waals surface area contributed by atoms with Crippen molar-refractivity contribution >= 4 is 22.9 Å². The molecule has 2 heterocycles.